The molecule has 6 heterocycles. The van der Waals surface area contributed by atoms with Crippen molar-refractivity contribution in [3.05, 3.63) is 82.8 Å². The third-order valence-electron chi connectivity index (χ3n) is 9.83. The number of amides is 1. The van der Waals surface area contributed by atoms with E-state index in [0.29, 0.717) is 36.1 Å². The molecule has 1 spiro atoms. The minimum Gasteiger partial charge on any atom is -0.469 e. The van der Waals surface area contributed by atoms with Gasteiger partial charge < -0.3 is 38.8 Å². The lowest BCUT2D eigenvalue weighted by Crippen LogP contribution is -2.41. The van der Waals surface area contributed by atoms with Crippen molar-refractivity contribution in [1.82, 2.24) is 15.3 Å². The zero-order valence-corrected chi connectivity index (χ0v) is 27.2. The molecular weight excluding hydrogens is 616 g/mol. The normalized spacial score (nSPS) is 25.1. The fourth-order valence-corrected chi connectivity index (χ4v) is 7.33. The molecule has 1 amide bonds. The Labute approximate surface area is 277 Å². The topological polar surface area (TPSA) is 158 Å². The Morgan fingerprint density at radius 1 is 1.04 bits per heavy atom. The number of aromatic nitrogens is 2. The van der Waals surface area contributed by atoms with E-state index in [-0.39, 0.29) is 48.1 Å². The monoisotopic (exact) mass is 654 g/mol. The summed E-state index contributed by atoms with van der Waals surface area (Å²) in [5, 5.41) is 17.3. The number of hydrogen-bond acceptors (Lipinski definition) is 11. The number of aliphatic hydroxyl groups is 1. The predicted molar refractivity (Wildman–Crippen MR) is 171 cm³/mol. The van der Waals surface area contributed by atoms with Gasteiger partial charge in [0, 0.05) is 23.6 Å². The highest BCUT2D eigenvalue weighted by Crippen LogP contribution is 2.59. The molecule has 1 fully saturated rings. The Balaban J connectivity index is 1.35. The average molecular weight is 655 g/mol. The number of ketones is 1. The Morgan fingerprint density at radius 2 is 1.83 bits per heavy atom. The van der Waals surface area contributed by atoms with Crippen LogP contribution in [0, 0.1) is 17.8 Å². The van der Waals surface area contributed by atoms with Crippen molar-refractivity contribution in [1.29, 1.82) is 0 Å². The van der Waals surface area contributed by atoms with Gasteiger partial charge in [0.05, 0.1) is 13.2 Å². The maximum atomic E-state index is 14.1. The number of benzene rings is 2. The fraction of sp³-hybridized carbons (Fsp3) is 0.444. The second-order valence-corrected chi connectivity index (χ2v) is 13.7. The molecule has 0 saturated carbocycles. The number of ether oxygens (including phenoxy) is 3. The van der Waals surface area contributed by atoms with E-state index < -0.39 is 36.0 Å². The number of fused-ring (bicyclic) bond motifs is 4. The molecule has 2 aromatic carbocycles. The summed E-state index contributed by atoms with van der Waals surface area (Å²) in [7, 11) is 0. The fourth-order valence-electron chi connectivity index (χ4n) is 7.33. The molecular formula is C36H38N4O8. The van der Waals surface area contributed by atoms with Crippen LogP contribution in [-0.4, -0.2) is 52.3 Å². The average Bonchev–Trinajstić information content (AvgIpc) is 3.89. The summed E-state index contributed by atoms with van der Waals surface area (Å²) in [6.07, 6.45) is -0.750. The maximum absolute atomic E-state index is 14.1. The van der Waals surface area contributed by atoms with Crippen molar-refractivity contribution in [3.8, 4) is 17.3 Å². The van der Waals surface area contributed by atoms with Gasteiger partial charge in [0.1, 0.15) is 35.3 Å². The van der Waals surface area contributed by atoms with Crippen LogP contribution >= 0.6 is 0 Å². The molecule has 3 N–H and O–H groups in total. The van der Waals surface area contributed by atoms with Gasteiger partial charge in [0.2, 0.25) is 24.0 Å². The van der Waals surface area contributed by atoms with Gasteiger partial charge in [0.25, 0.3) is 0 Å². The van der Waals surface area contributed by atoms with Crippen LogP contribution in [0.4, 0.5) is 5.69 Å². The zero-order chi connectivity index (χ0) is 33.3. The van der Waals surface area contributed by atoms with Gasteiger partial charge in [-0.2, -0.15) is 0 Å². The van der Waals surface area contributed by atoms with E-state index in [0.717, 1.165) is 22.4 Å². The lowest BCUT2D eigenvalue weighted by molar-refractivity contribution is -0.135. The highest BCUT2D eigenvalue weighted by molar-refractivity contribution is 5.89. The quantitative estimate of drug-likeness (QED) is 0.251. The number of Topliss-reactive ketones (excluding diaryl/α,β-unsaturated/α-hetero) is 1. The number of aliphatic hydroxyl groups excluding tert-OH is 1. The summed E-state index contributed by atoms with van der Waals surface area (Å²) >= 11 is 0. The van der Waals surface area contributed by atoms with E-state index in [9.17, 15) is 14.7 Å². The number of para-hydroxylation sites is 1. The molecule has 250 valence electrons. The van der Waals surface area contributed by atoms with E-state index in [4.69, 9.17) is 33.0 Å². The summed E-state index contributed by atoms with van der Waals surface area (Å²) in [4.78, 5) is 37.0. The van der Waals surface area contributed by atoms with Crippen LogP contribution in [0.1, 0.15) is 80.5 Å². The number of carbonyl (C=O) groups excluding carboxylic acids is 2. The number of oxazole rings is 2. The molecule has 2 aromatic heterocycles. The third-order valence-corrected chi connectivity index (χ3v) is 9.83. The van der Waals surface area contributed by atoms with Crippen molar-refractivity contribution < 1.29 is 37.7 Å². The molecule has 4 bridgehead atoms. The van der Waals surface area contributed by atoms with Crippen molar-refractivity contribution >= 4 is 17.4 Å². The first kappa shape index (κ1) is 30.8. The lowest BCUT2D eigenvalue weighted by atomic mass is 9.72. The zero-order valence-electron chi connectivity index (χ0n) is 27.2. The Morgan fingerprint density at radius 3 is 2.60 bits per heavy atom. The summed E-state index contributed by atoms with van der Waals surface area (Å²) < 4.78 is 30.9. The highest BCUT2D eigenvalue weighted by atomic mass is 16.7. The first-order chi connectivity index (χ1) is 23.1. The van der Waals surface area contributed by atoms with Crippen LogP contribution < -0.4 is 15.4 Å². The Kier molecular flexibility index (Phi) is 7.42. The molecule has 0 radical (unpaired) electrons. The van der Waals surface area contributed by atoms with E-state index in [1.54, 1.807) is 13.8 Å². The molecule has 4 aromatic rings. The van der Waals surface area contributed by atoms with Gasteiger partial charge >= 0.3 is 0 Å². The molecule has 48 heavy (non-hydrogen) atoms. The first-order valence-electron chi connectivity index (χ1n) is 16.5. The van der Waals surface area contributed by atoms with Crippen molar-refractivity contribution in [2.24, 2.45) is 17.8 Å². The van der Waals surface area contributed by atoms with Crippen molar-refractivity contribution in [2.75, 3.05) is 18.5 Å². The second kappa shape index (κ2) is 11.6. The van der Waals surface area contributed by atoms with Crippen LogP contribution in [0.3, 0.4) is 0 Å². The molecule has 5 atom stereocenters. The number of carbonyl (C=O) groups is 2. The van der Waals surface area contributed by atoms with E-state index in [1.807, 2.05) is 56.3 Å². The number of rotatable bonds is 7. The SMILES string of the molecule is CC(C)[C@H](O)C(=O)CC1Cc2ccc3c(c2)C2(c4ccccc4N[C@H]2O3)c2oc(nc2-c2nc(C3OCCO3)co2)[C@H](C(C)C)NC1=O. The molecule has 4 aliphatic heterocycles. The molecule has 8 rings (SSSR count). The molecule has 4 aliphatic rings. The minimum absolute atomic E-state index is 0.117. The molecule has 1 saturated heterocycles. The van der Waals surface area contributed by atoms with E-state index in [2.05, 4.69) is 10.6 Å². The second-order valence-electron chi connectivity index (χ2n) is 13.7. The standard InChI is InChI=1S/C36H38N4O8/c1-17(2)27-33-40-28(32-37-24(16-46-32)34-44-11-12-45-34)30(48-33)36-21-7-5-6-8-23(21)38-35(36)47-26-10-9-19(14-22(26)36)13-20(31(43)39-27)15-25(41)29(42)18(3)4/h5-10,14,16-18,20,27,29,34-35,38,42H,11-13,15H2,1-4H3,(H,39,43)/t20?,27-,29-,35-,36?/m0/s1. The van der Waals surface area contributed by atoms with Gasteiger partial charge in [-0.3, -0.25) is 9.59 Å². The van der Waals surface area contributed by atoms with Crippen LogP contribution in [0.25, 0.3) is 11.6 Å². The number of anilines is 1. The van der Waals surface area contributed by atoms with Gasteiger partial charge in [-0.05, 0) is 41.5 Å². The lowest BCUT2D eigenvalue weighted by Gasteiger charge is -2.28. The molecule has 2 unspecified atom stereocenters. The van der Waals surface area contributed by atoms with Crippen molar-refractivity contribution in [3.63, 3.8) is 0 Å². The van der Waals surface area contributed by atoms with E-state index >= 15 is 0 Å². The van der Waals surface area contributed by atoms with E-state index in [1.165, 1.54) is 6.26 Å². The number of nitrogens with one attached hydrogen (secondary N) is 2. The first-order valence-corrected chi connectivity index (χ1v) is 16.5. The predicted octanol–water partition coefficient (Wildman–Crippen LogP) is 4.82. The Hall–Kier alpha value is -4.52. The van der Waals surface area contributed by atoms with Crippen LogP contribution in [-0.2, 0) is 30.9 Å². The van der Waals surface area contributed by atoms with Crippen molar-refractivity contribution in [2.45, 2.75) is 70.6 Å². The summed E-state index contributed by atoms with van der Waals surface area (Å²) in [6.45, 7) is 8.40. The minimum atomic E-state index is -1.17. The summed E-state index contributed by atoms with van der Waals surface area (Å²) in [6, 6.07) is 13.2. The van der Waals surface area contributed by atoms with Gasteiger partial charge in [-0.1, -0.05) is 58.0 Å². The maximum Gasteiger partial charge on any atom is 0.249 e. The smallest absolute Gasteiger partial charge is 0.249 e. The molecule has 0 aliphatic carbocycles. The number of hydrogen-bond donors (Lipinski definition) is 3. The van der Waals surface area contributed by atoms with Crippen LogP contribution in [0.5, 0.6) is 5.75 Å². The van der Waals surface area contributed by atoms with Gasteiger partial charge in [-0.25, -0.2) is 9.97 Å². The van der Waals surface area contributed by atoms with Crippen LogP contribution in [0.2, 0.25) is 0 Å². The van der Waals surface area contributed by atoms with Crippen LogP contribution in [0.15, 0.2) is 57.6 Å². The Bertz CT molecular complexity index is 1890. The van der Waals surface area contributed by atoms with Gasteiger partial charge in [-0.15, -0.1) is 0 Å². The summed E-state index contributed by atoms with van der Waals surface area (Å²) in [5.74, 6) is -0.268. The summed E-state index contributed by atoms with van der Waals surface area (Å²) in [5.41, 5.74) is 3.31. The molecule has 12 heteroatoms. The highest BCUT2D eigenvalue weighted by Gasteiger charge is 2.61. The molecule has 12 nitrogen and oxygen atoms in total. The number of nitrogens with zero attached hydrogens (tertiary/aromatic N) is 2. The van der Waals surface area contributed by atoms with Gasteiger partial charge in [0.15, 0.2) is 23.5 Å². The third kappa shape index (κ3) is 4.76. The largest absolute Gasteiger partial charge is 0.469 e.